The van der Waals surface area contributed by atoms with E-state index >= 15 is 0 Å². The first kappa shape index (κ1) is 28.0. The summed E-state index contributed by atoms with van der Waals surface area (Å²) in [6.07, 6.45) is 1.13. The van der Waals surface area contributed by atoms with E-state index in [0.717, 1.165) is 22.0 Å². The average molecular weight is 592 g/mol. The second kappa shape index (κ2) is 13.7. The molecule has 1 N–H and O–H groups in total. The average Bonchev–Trinajstić information content (AvgIpc) is 2.86. The SMILES string of the molecule is CC[C@H](C)NC(=O)[C@@H](Cc1ccccc1)N(Cc1cccc(Cl)c1)C(=O)COc1ccc(Br)cc1Cl. The minimum atomic E-state index is -0.753. The first-order valence-corrected chi connectivity index (χ1v) is 13.3. The zero-order chi connectivity index (χ0) is 26.1. The standard InChI is InChI=1S/C28H29BrCl2N2O3/c1-3-19(2)32-28(35)25(15-20-8-5-4-6-9-20)33(17-21-10-7-11-23(30)14-21)27(34)18-36-26-13-12-22(29)16-24(26)31/h4-14,16,19,25H,3,15,17-18H2,1-2H3,(H,32,35)/t19-,25+/m0/s1. The third-order valence-electron chi connectivity index (χ3n) is 5.76. The molecule has 0 heterocycles. The van der Waals surface area contributed by atoms with Gasteiger partial charge in [0.05, 0.1) is 5.02 Å². The molecule has 0 aliphatic rings. The maximum atomic E-state index is 13.6. The molecule has 0 spiro atoms. The lowest BCUT2D eigenvalue weighted by molar-refractivity contribution is -0.143. The van der Waals surface area contributed by atoms with E-state index in [-0.39, 0.29) is 31.0 Å². The van der Waals surface area contributed by atoms with Crippen LogP contribution in [0.5, 0.6) is 5.75 Å². The van der Waals surface area contributed by atoms with Crippen LogP contribution in [0, 0.1) is 0 Å². The molecular formula is C28H29BrCl2N2O3. The van der Waals surface area contributed by atoms with E-state index < -0.39 is 6.04 Å². The third-order valence-corrected chi connectivity index (χ3v) is 6.78. The van der Waals surface area contributed by atoms with Crippen molar-refractivity contribution in [3.05, 3.63) is 98.4 Å². The van der Waals surface area contributed by atoms with Crippen LogP contribution in [0.2, 0.25) is 10.0 Å². The molecule has 0 aliphatic heterocycles. The fourth-order valence-electron chi connectivity index (χ4n) is 3.64. The second-order valence-electron chi connectivity index (χ2n) is 8.54. The van der Waals surface area contributed by atoms with Crippen molar-refractivity contribution in [3.63, 3.8) is 0 Å². The van der Waals surface area contributed by atoms with E-state index in [2.05, 4.69) is 21.2 Å². The Hall–Kier alpha value is -2.54. The minimum absolute atomic E-state index is 0.0308. The summed E-state index contributed by atoms with van der Waals surface area (Å²) in [6.45, 7) is 3.87. The van der Waals surface area contributed by atoms with Gasteiger partial charge in [0.2, 0.25) is 5.91 Å². The molecule has 0 fully saturated rings. The van der Waals surface area contributed by atoms with Gasteiger partial charge in [0.25, 0.3) is 5.91 Å². The topological polar surface area (TPSA) is 58.6 Å². The lowest BCUT2D eigenvalue weighted by Gasteiger charge is -2.32. The first-order chi connectivity index (χ1) is 17.3. The Morgan fingerprint density at radius 2 is 1.72 bits per heavy atom. The molecule has 0 bridgehead atoms. The quantitative estimate of drug-likeness (QED) is 0.270. The van der Waals surface area contributed by atoms with Crippen molar-refractivity contribution in [3.8, 4) is 5.75 Å². The molecular weight excluding hydrogens is 563 g/mol. The number of ether oxygens (including phenoxy) is 1. The van der Waals surface area contributed by atoms with Crippen LogP contribution < -0.4 is 10.1 Å². The van der Waals surface area contributed by atoms with Crippen LogP contribution in [0.15, 0.2) is 77.3 Å². The largest absolute Gasteiger partial charge is 0.482 e. The summed E-state index contributed by atoms with van der Waals surface area (Å²) >= 11 is 15.9. The summed E-state index contributed by atoms with van der Waals surface area (Å²) in [4.78, 5) is 28.7. The number of benzene rings is 3. The molecule has 3 rings (SSSR count). The van der Waals surface area contributed by atoms with Gasteiger partial charge in [-0.05, 0) is 54.8 Å². The van der Waals surface area contributed by atoms with Crippen LogP contribution in [0.25, 0.3) is 0 Å². The van der Waals surface area contributed by atoms with E-state index in [1.54, 1.807) is 35.2 Å². The Balaban J connectivity index is 1.92. The molecule has 190 valence electrons. The number of hydrogen-bond donors (Lipinski definition) is 1. The molecule has 3 aromatic carbocycles. The lowest BCUT2D eigenvalue weighted by Crippen LogP contribution is -2.53. The minimum Gasteiger partial charge on any atom is -0.482 e. The highest BCUT2D eigenvalue weighted by molar-refractivity contribution is 9.10. The van der Waals surface area contributed by atoms with Crippen molar-refractivity contribution in [2.24, 2.45) is 0 Å². The van der Waals surface area contributed by atoms with Gasteiger partial charge in [0.15, 0.2) is 6.61 Å². The number of rotatable bonds is 11. The van der Waals surface area contributed by atoms with Gasteiger partial charge in [-0.1, -0.05) is 88.5 Å². The predicted molar refractivity (Wildman–Crippen MR) is 148 cm³/mol. The summed E-state index contributed by atoms with van der Waals surface area (Å²) in [6, 6.07) is 21.3. The lowest BCUT2D eigenvalue weighted by atomic mass is 10.0. The molecule has 0 saturated heterocycles. The van der Waals surface area contributed by atoms with Crippen molar-refractivity contribution in [2.75, 3.05) is 6.61 Å². The smallest absolute Gasteiger partial charge is 0.261 e. The Morgan fingerprint density at radius 3 is 2.39 bits per heavy atom. The number of carbonyl (C=O) groups excluding carboxylic acids is 2. The van der Waals surface area contributed by atoms with Crippen LogP contribution in [-0.2, 0) is 22.6 Å². The summed E-state index contributed by atoms with van der Waals surface area (Å²) in [7, 11) is 0. The highest BCUT2D eigenvalue weighted by Gasteiger charge is 2.31. The number of carbonyl (C=O) groups is 2. The van der Waals surface area contributed by atoms with Gasteiger partial charge in [-0.2, -0.15) is 0 Å². The number of nitrogens with zero attached hydrogens (tertiary/aromatic N) is 1. The van der Waals surface area contributed by atoms with Crippen LogP contribution in [-0.4, -0.2) is 35.4 Å². The van der Waals surface area contributed by atoms with Gasteiger partial charge < -0.3 is 15.0 Å². The van der Waals surface area contributed by atoms with E-state index in [9.17, 15) is 9.59 Å². The zero-order valence-corrected chi connectivity index (χ0v) is 23.3. The highest BCUT2D eigenvalue weighted by Crippen LogP contribution is 2.28. The third kappa shape index (κ3) is 8.26. The van der Waals surface area contributed by atoms with Gasteiger partial charge in [0.1, 0.15) is 11.8 Å². The van der Waals surface area contributed by atoms with Crippen molar-refractivity contribution in [1.82, 2.24) is 10.2 Å². The maximum absolute atomic E-state index is 13.6. The van der Waals surface area contributed by atoms with Crippen molar-refractivity contribution < 1.29 is 14.3 Å². The maximum Gasteiger partial charge on any atom is 0.261 e. The molecule has 36 heavy (non-hydrogen) atoms. The van der Waals surface area contributed by atoms with Gasteiger partial charge in [-0.15, -0.1) is 0 Å². The molecule has 0 aliphatic carbocycles. The molecule has 0 unspecified atom stereocenters. The van der Waals surface area contributed by atoms with Crippen LogP contribution >= 0.6 is 39.1 Å². The summed E-state index contributed by atoms with van der Waals surface area (Å²) in [5.41, 5.74) is 1.76. The van der Waals surface area contributed by atoms with Crippen molar-refractivity contribution in [2.45, 2.75) is 45.3 Å². The van der Waals surface area contributed by atoms with E-state index in [0.29, 0.717) is 22.2 Å². The molecule has 2 amide bonds. The first-order valence-electron chi connectivity index (χ1n) is 11.7. The van der Waals surface area contributed by atoms with E-state index in [1.807, 2.05) is 56.3 Å². The normalized spacial score (nSPS) is 12.5. The van der Waals surface area contributed by atoms with E-state index in [1.165, 1.54) is 0 Å². The van der Waals surface area contributed by atoms with Gasteiger partial charge in [-0.3, -0.25) is 9.59 Å². The summed E-state index contributed by atoms with van der Waals surface area (Å²) in [5, 5.41) is 3.99. The number of halogens is 3. The molecule has 0 saturated carbocycles. The van der Waals surface area contributed by atoms with Crippen LogP contribution in [0.1, 0.15) is 31.4 Å². The molecule has 3 aromatic rings. The van der Waals surface area contributed by atoms with Crippen molar-refractivity contribution >= 4 is 50.9 Å². The molecule has 0 aromatic heterocycles. The highest BCUT2D eigenvalue weighted by atomic mass is 79.9. The molecule has 8 heteroatoms. The zero-order valence-electron chi connectivity index (χ0n) is 20.2. The summed E-state index contributed by atoms with van der Waals surface area (Å²) in [5.74, 6) is -0.168. The van der Waals surface area contributed by atoms with Crippen LogP contribution in [0.3, 0.4) is 0 Å². The molecule has 2 atom stereocenters. The molecule has 5 nitrogen and oxygen atoms in total. The van der Waals surface area contributed by atoms with Gasteiger partial charge in [0, 0.05) is 28.5 Å². The number of hydrogen-bond acceptors (Lipinski definition) is 3. The van der Waals surface area contributed by atoms with Crippen LogP contribution in [0.4, 0.5) is 0 Å². The van der Waals surface area contributed by atoms with Gasteiger partial charge >= 0.3 is 0 Å². The Kier molecular flexibility index (Phi) is 10.7. The fourth-order valence-corrected chi connectivity index (χ4v) is 4.58. The Morgan fingerprint density at radius 1 is 1.00 bits per heavy atom. The summed E-state index contributed by atoms with van der Waals surface area (Å²) < 4.78 is 6.58. The second-order valence-corrected chi connectivity index (χ2v) is 10.3. The fraction of sp³-hybridized carbons (Fsp3) is 0.286. The number of nitrogens with one attached hydrogen (secondary N) is 1. The van der Waals surface area contributed by atoms with Crippen molar-refractivity contribution in [1.29, 1.82) is 0 Å². The number of amides is 2. The van der Waals surface area contributed by atoms with Gasteiger partial charge in [-0.25, -0.2) is 0 Å². The Bertz CT molecular complexity index is 1180. The monoisotopic (exact) mass is 590 g/mol. The molecule has 0 radical (unpaired) electrons. The Labute approximate surface area is 230 Å². The predicted octanol–water partition coefficient (Wildman–Crippen LogP) is 6.69. The van der Waals surface area contributed by atoms with E-state index in [4.69, 9.17) is 27.9 Å².